The first-order chi connectivity index (χ1) is 13.1. The lowest BCUT2D eigenvalue weighted by atomic mass is 10.2. The maximum atomic E-state index is 12.3. The third kappa shape index (κ3) is 5.43. The van der Waals surface area contributed by atoms with Gasteiger partial charge < -0.3 is 10.1 Å². The number of anilines is 1. The smallest absolute Gasteiger partial charge is 0.338 e. The van der Waals surface area contributed by atoms with Crippen LogP contribution in [-0.2, 0) is 24.4 Å². The number of hydrogen-bond acceptors (Lipinski definition) is 6. The number of carbonyl (C=O) groups excluding carboxylic acids is 2. The fourth-order valence-electron chi connectivity index (χ4n) is 2.01. The van der Waals surface area contributed by atoms with Crippen molar-refractivity contribution >= 4 is 50.8 Å². The van der Waals surface area contributed by atoms with E-state index in [-0.39, 0.29) is 15.5 Å². The van der Waals surface area contributed by atoms with Crippen molar-refractivity contribution in [1.29, 1.82) is 0 Å². The van der Waals surface area contributed by atoms with Gasteiger partial charge >= 0.3 is 5.97 Å². The first kappa shape index (κ1) is 22.1. The summed E-state index contributed by atoms with van der Waals surface area (Å²) < 4.78 is 30.2. The fraction of sp³-hybridized carbons (Fsp3) is 0.176. The van der Waals surface area contributed by atoms with E-state index < -0.39 is 28.5 Å². The number of rotatable bonds is 7. The van der Waals surface area contributed by atoms with Crippen LogP contribution in [0.1, 0.15) is 10.4 Å². The molecule has 0 aliphatic rings. The molecule has 0 atom stereocenters. The van der Waals surface area contributed by atoms with Crippen LogP contribution in [0.5, 0.6) is 0 Å². The molecule has 0 aliphatic carbocycles. The lowest BCUT2D eigenvalue weighted by molar-refractivity contribution is -0.119. The second kappa shape index (κ2) is 9.35. The summed E-state index contributed by atoms with van der Waals surface area (Å²) in [4.78, 5) is 28.4. The van der Waals surface area contributed by atoms with E-state index in [1.807, 2.05) is 0 Å². The van der Waals surface area contributed by atoms with Gasteiger partial charge in [0.1, 0.15) is 4.90 Å². The predicted molar refractivity (Wildman–Crippen MR) is 104 cm³/mol. The Bertz CT molecular complexity index is 980. The number of ether oxygens (including phenoxy) is 1. The van der Waals surface area contributed by atoms with E-state index in [0.29, 0.717) is 15.2 Å². The molecular weight excluding hydrogens is 431 g/mol. The molecule has 0 radical (unpaired) electrons. The van der Waals surface area contributed by atoms with Crippen LogP contribution in [0, 0.1) is 0 Å². The normalized spacial score (nSPS) is 11.3. The number of carbonyl (C=O) groups is 2. The van der Waals surface area contributed by atoms with Crippen LogP contribution in [0.25, 0.3) is 0 Å². The average molecular weight is 447 g/mol. The first-order valence-corrected chi connectivity index (χ1v) is 9.90. The molecule has 28 heavy (non-hydrogen) atoms. The van der Waals surface area contributed by atoms with Crippen molar-refractivity contribution in [3.8, 4) is 0 Å². The van der Waals surface area contributed by atoms with Crippen LogP contribution < -0.4 is 5.32 Å². The van der Waals surface area contributed by atoms with Crippen molar-refractivity contribution in [3.63, 3.8) is 0 Å². The second-order valence-electron chi connectivity index (χ2n) is 5.37. The molecule has 0 saturated carbocycles. The monoisotopic (exact) mass is 446 g/mol. The van der Waals surface area contributed by atoms with Gasteiger partial charge in [0.2, 0.25) is 0 Å². The van der Waals surface area contributed by atoms with Gasteiger partial charge in [0, 0.05) is 17.8 Å². The van der Waals surface area contributed by atoms with E-state index in [1.165, 1.54) is 26.3 Å². The molecule has 0 aromatic heterocycles. The molecule has 0 saturated heterocycles. The molecule has 2 aromatic carbocycles. The van der Waals surface area contributed by atoms with Gasteiger partial charge in [-0.2, -0.15) is 0 Å². The largest absolute Gasteiger partial charge is 0.452 e. The zero-order chi connectivity index (χ0) is 20.9. The molecule has 0 unspecified atom stereocenters. The van der Waals surface area contributed by atoms with E-state index in [2.05, 4.69) is 10.2 Å². The van der Waals surface area contributed by atoms with Gasteiger partial charge in [-0.25, -0.2) is 13.2 Å². The number of halogens is 2. The molecule has 0 bridgehead atoms. The Morgan fingerprint density at radius 2 is 1.75 bits per heavy atom. The fourth-order valence-corrected chi connectivity index (χ4v) is 3.61. The molecular formula is C17H16Cl2N2O6S. The van der Waals surface area contributed by atoms with Crippen LogP contribution in [0.3, 0.4) is 0 Å². The Morgan fingerprint density at radius 1 is 1.11 bits per heavy atom. The predicted octanol–water partition coefficient (Wildman–Crippen LogP) is 2.97. The number of hydroxylamine groups is 1. The Morgan fingerprint density at radius 3 is 2.36 bits per heavy atom. The Labute approximate surface area is 171 Å². The number of amides is 1. The second-order valence-corrected chi connectivity index (χ2v) is 8.12. The summed E-state index contributed by atoms with van der Waals surface area (Å²) in [6.45, 7) is -0.565. The molecule has 8 nitrogen and oxygen atoms in total. The van der Waals surface area contributed by atoms with Gasteiger partial charge in [-0.15, -0.1) is 0 Å². The highest BCUT2D eigenvalue weighted by Gasteiger charge is 2.25. The van der Waals surface area contributed by atoms with E-state index in [4.69, 9.17) is 27.9 Å². The zero-order valence-electron chi connectivity index (χ0n) is 14.8. The summed E-state index contributed by atoms with van der Waals surface area (Å²) in [6.07, 6.45) is 0. The van der Waals surface area contributed by atoms with Gasteiger partial charge in [0.15, 0.2) is 6.61 Å². The number of hydrogen-bond donors (Lipinski definition) is 1. The minimum Gasteiger partial charge on any atom is -0.452 e. The lowest BCUT2D eigenvalue weighted by Gasteiger charge is -2.15. The van der Waals surface area contributed by atoms with Crippen molar-refractivity contribution < 1.29 is 27.6 Å². The van der Waals surface area contributed by atoms with Gasteiger partial charge in [-0.1, -0.05) is 27.7 Å². The SMILES string of the molecule is CON(C)S(=O)(=O)c1cc(C(=O)OCC(=O)Nc2ccc(Cl)cc2)ccc1Cl. The Balaban J connectivity index is 2.07. The molecule has 1 N–H and O–H groups in total. The van der Waals surface area contributed by atoms with Crippen molar-refractivity contribution in [1.82, 2.24) is 4.47 Å². The summed E-state index contributed by atoms with van der Waals surface area (Å²) in [5, 5.41) is 2.94. The topological polar surface area (TPSA) is 102 Å². The molecule has 0 spiro atoms. The number of nitrogens with one attached hydrogen (secondary N) is 1. The summed E-state index contributed by atoms with van der Waals surface area (Å²) >= 11 is 11.7. The van der Waals surface area contributed by atoms with Gasteiger partial charge in [-0.3, -0.25) is 9.63 Å². The van der Waals surface area contributed by atoms with Gasteiger partial charge in [-0.05, 0) is 42.5 Å². The van der Waals surface area contributed by atoms with Crippen LogP contribution in [0.15, 0.2) is 47.4 Å². The van der Waals surface area contributed by atoms with Gasteiger partial charge in [0.05, 0.1) is 17.7 Å². The van der Waals surface area contributed by atoms with Crippen molar-refractivity contribution in [2.45, 2.75) is 4.90 Å². The Kier molecular flexibility index (Phi) is 7.39. The van der Waals surface area contributed by atoms with Crippen molar-refractivity contribution in [3.05, 3.63) is 58.1 Å². The highest BCUT2D eigenvalue weighted by Crippen LogP contribution is 2.25. The van der Waals surface area contributed by atoms with Crippen LogP contribution in [0.4, 0.5) is 5.69 Å². The molecule has 11 heteroatoms. The minimum atomic E-state index is -4.07. The number of esters is 1. The summed E-state index contributed by atoms with van der Waals surface area (Å²) in [5.41, 5.74) is 0.389. The average Bonchev–Trinajstić information content (AvgIpc) is 2.67. The third-order valence-electron chi connectivity index (χ3n) is 3.50. The highest BCUT2D eigenvalue weighted by atomic mass is 35.5. The maximum Gasteiger partial charge on any atom is 0.338 e. The van der Waals surface area contributed by atoms with Crippen molar-refractivity contribution in [2.75, 3.05) is 26.1 Å². The molecule has 2 aromatic rings. The number of benzene rings is 2. The maximum absolute atomic E-state index is 12.3. The van der Waals surface area contributed by atoms with Crippen LogP contribution in [0.2, 0.25) is 10.0 Å². The Hall–Kier alpha value is -2.17. The first-order valence-electron chi connectivity index (χ1n) is 7.70. The molecule has 2 rings (SSSR count). The third-order valence-corrected chi connectivity index (χ3v) is 5.92. The highest BCUT2D eigenvalue weighted by molar-refractivity contribution is 7.89. The van der Waals surface area contributed by atoms with Crippen molar-refractivity contribution in [2.24, 2.45) is 0 Å². The standard InChI is InChI=1S/C17H16Cl2N2O6S/c1-21(26-2)28(24,25)15-9-11(3-8-14(15)19)17(23)27-10-16(22)20-13-6-4-12(18)5-7-13/h3-9H,10H2,1-2H3,(H,20,22). The van der Waals surface area contributed by atoms with E-state index >= 15 is 0 Å². The molecule has 0 aliphatic heterocycles. The quantitative estimate of drug-likeness (QED) is 0.517. The number of nitrogens with zero attached hydrogens (tertiary/aromatic N) is 1. The zero-order valence-corrected chi connectivity index (χ0v) is 17.1. The van der Waals surface area contributed by atoms with Gasteiger partial charge in [0.25, 0.3) is 15.9 Å². The van der Waals surface area contributed by atoms with E-state index in [1.54, 1.807) is 24.3 Å². The van der Waals surface area contributed by atoms with Crippen LogP contribution in [-0.4, -0.2) is 45.5 Å². The summed E-state index contributed by atoms with van der Waals surface area (Å²) in [6, 6.07) is 9.93. The minimum absolute atomic E-state index is 0.0910. The molecule has 0 fully saturated rings. The lowest BCUT2D eigenvalue weighted by Crippen LogP contribution is -2.26. The summed E-state index contributed by atoms with van der Waals surface area (Å²) in [5.74, 6) is -1.46. The van der Waals surface area contributed by atoms with E-state index in [0.717, 1.165) is 6.07 Å². The summed E-state index contributed by atoms with van der Waals surface area (Å²) in [7, 11) is -1.72. The number of sulfonamides is 1. The van der Waals surface area contributed by atoms with Crippen LogP contribution >= 0.6 is 23.2 Å². The molecule has 1 amide bonds. The van der Waals surface area contributed by atoms with E-state index in [9.17, 15) is 18.0 Å². The molecule has 0 heterocycles. The molecule has 150 valence electrons.